The minimum atomic E-state index is -0.734. The summed E-state index contributed by atoms with van der Waals surface area (Å²) in [5, 5.41) is 8.43. The van der Waals surface area contributed by atoms with Crippen LogP contribution >= 0.6 is 0 Å². The zero-order valence-electron chi connectivity index (χ0n) is 15.6. The molecule has 4 rings (SSSR count). The Balaban J connectivity index is 1.72. The van der Waals surface area contributed by atoms with Crippen molar-refractivity contribution in [3.05, 3.63) is 89.5 Å². The summed E-state index contributed by atoms with van der Waals surface area (Å²) < 4.78 is 12.6. The van der Waals surface area contributed by atoms with Crippen molar-refractivity contribution in [1.82, 2.24) is 15.0 Å². The second-order valence-electron chi connectivity index (χ2n) is 6.42. The summed E-state index contributed by atoms with van der Waals surface area (Å²) >= 11 is 0. The molecule has 4 aromatic rings. The second-order valence-corrected chi connectivity index (χ2v) is 6.42. The summed E-state index contributed by atoms with van der Waals surface area (Å²) in [4.78, 5) is 12.8. The fourth-order valence-corrected chi connectivity index (χ4v) is 2.95. The number of hydrogen-bond donors (Lipinski definition) is 0. The number of aromatic nitrogens is 3. The molecule has 0 spiro atoms. The minimum absolute atomic E-state index is 0.433. The second kappa shape index (κ2) is 7.52. The van der Waals surface area contributed by atoms with Gasteiger partial charge in [-0.2, -0.15) is 0 Å². The van der Waals surface area contributed by atoms with E-state index in [9.17, 15) is 4.79 Å². The Morgan fingerprint density at radius 1 is 0.964 bits per heavy atom. The maximum absolute atomic E-state index is 12.8. The van der Waals surface area contributed by atoms with Crippen LogP contribution in [0.15, 0.2) is 72.8 Å². The maximum atomic E-state index is 12.8. The first-order chi connectivity index (χ1) is 13.7. The molecule has 0 fully saturated rings. The zero-order chi connectivity index (χ0) is 19.5. The summed E-state index contributed by atoms with van der Waals surface area (Å²) in [5.74, 6) is 0.224. The van der Waals surface area contributed by atoms with Crippen molar-refractivity contribution in [2.24, 2.45) is 0 Å². The summed E-state index contributed by atoms with van der Waals surface area (Å²) in [6.45, 7) is 2.01. The molecule has 1 aromatic heterocycles. The molecule has 28 heavy (non-hydrogen) atoms. The van der Waals surface area contributed by atoms with Crippen molar-refractivity contribution >= 4 is 17.0 Å². The third-order valence-electron chi connectivity index (χ3n) is 4.51. The lowest BCUT2D eigenvalue weighted by molar-refractivity contribution is 0.0196. The Labute approximate surface area is 162 Å². The lowest BCUT2D eigenvalue weighted by atomic mass is 10.1. The van der Waals surface area contributed by atoms with Crippen LogP contribution in [0.25, 0.3) is 11.0 Å². The largest absolute Gasteiger partial charge is 0.497 e. The Morgan fingerprint density at radius 3 is 2.39 bits per heavy atom. The van der Waals surface area contributed by atoms with E-state index in [1.807, 2.05) is 55.5 Å². The number of nitrogens with zero attached hydrogens (tertiary/aromatic N) is 3. The van der Waals surface area contributed by atoms with E-state index < -0.39 is 12.2 Å². The highest BCUT2D eigenvalue weighted by molar-refractivity contribution is 5.89. The summed E-state index contributed by atoms with van der Waals surface area (Å²) in [6.07, 6.45) is -0.734. The third kappa shape index (κ3) is 3.44. The van der Waals surface area contributed by atoms with E-state index in [-0.39, 0.29) is 0 Å². The molecule has 0 N–H and O–H groups in total. The van der Waals surface area contributed by atoms with Gasteiger partial charge in [-0.15, -0.1) is 5.10 Å². The molecule has 1 atom stereocenters. The van der Waals surface area contributed by atoms with Gasteiger partial charge in [0.25, 0.3) is 0 Å². The van der Waals surface area contributed by atoms with Gasteiger partial charge in [0, 0.05) is 5.56 Å². The first kappa shape index (κ1) is 17.7. The molecule has 6 heteroatoms. The van der Waals surface area contributed by atoms with Gasteiger partial charge in [-0.1, -0.05) is 47.2 Å². The van der Waals surface area contributed by atoms with Crippen molar-refractivity contribution in [3.63, 3.8) is 0 Å². The molecule has 1 unspecified atom stereocenters. The number of aryl methyl sites for hydroxylation is 1. The maximum Gasteiger partial charge on any atom is 0.340 e. The number of ether oxygens (including phenoxy) is 2. The van der Waals surface area contributed by atoms with Crippen LogP contribution in [-0.2, 0) is 4.74 Å². The topological polar surface area (TPSA) is 66.2 Å². The van der Waals surface area contributed by atoms with Crippen LogP contribution in [0.5, 0.6) is 5.75 Å². The monoisotopic (exact) mass is 373 g/mol. The van der Waals surface area contributed by atoms with Crippen molar-refractivity contribution in [2.75, 3.05) is 7.11 Å². The molecular weight excluding hydrogens is 354 g/mol. The molecule has 6 nitrogen and oxygen atoms in total. The molecule has 0 aliphatic rings. The molecule has 0 bridgehead atoms. The van der Waals surface area contributed by atoms with Crippen molar-refractivity contribution in [1.29, 1.82) is 0 Å². The number of esters is 1. The van der Waals surface area contributed by atoms with E-state index in [0.29, 0.717) is 11.3 Å². The van der Waals surface area contributed by atoms with E-state index in [4.69, 9.17) is 9.47 Å². The Morgan fingerprint density at radius 2 is 1.68 bits per heavy atom. The highest BCUT2D eigenvalue weighted by Gasteiger charge is 2.23. The average Bonchev–Trinajstić information content (AvgIpc) is 3.16. The van der Waals surface area contributed by atoms with Crippen molar-refractivity contribution in [3.8, 4) is 5.75 Å². The van der Waals surface area contributed by atoms with E-state index in [1.54, 1.807) is 36.1 Å². The van der Waals surface area contributed by atoms with Gasteiger partial charge in [-0.3, -0.25) is 0 Å². The zero-order valence-corrected chi connectivity index (χ0v) is 15.6. The van der Waals surface area contributed by atoms with Gasteiger partial charge >= 0.3 is 5.97 Å². The number of carbonyl (C=O) groups is 1. The summed E-state index contributed by atoms with van der Waals surface area (Å²) in [6, 6.07) is 22.2. The first-order valence-corrected chi connectivity index (χ1v) is 8.87. The SMILES string of the molecule is COc1ccc(C(=O)OC(c2ccc(C)cc2)n2nnc3ccccc32)cc1. The summed E-state index contributed by atoms with van der Waals surface area (Å²) in [5.41, 5.74) is 3.88. The van der Waals surface area contributed by atoms with Gasteiger partial charge in [-0.25, -0.2) is 9.48 Å². The van der Waals surface area contributed by atoms with Crippen LogP contribution in [0.2, 0.25) is 0 Å². The Kier molecular flexibility index (Phi) is 4.76. The minimum Gasteiger partial charge on any atom is -0.497 e. The molecule has 0 aliphatic heterocycles. The molecule has 140 valence electrons. The van der Waals surface area contributed by atoms with Crippen LogP contribution in [0.3, 0.4) is 0 Å². The number of methoxy groups -OCH3 is 1. The molecular formula is C22H19N3O3. The van der Waals surface area contributed by atoms with Crippen LogP contribution in [0.4, 0.5) is 0 Å². The van der Waals surface area contributed by atoms with Crippen LogP contribution < -0.4 is 4.74 Å². The fraction of sp³-hybridized carbons (Fsp3) is 0.136. The number of carbonyl (C=O) groups excluding carboxylic acids is 1. The number of benzene rings is 3. The van der Waals surface area contributed by atoms with Gasteiger partial charge in [0.15, 0.2) is 0 Å². The number of fused-ring (bicyclic) bond motifs is 1. The van der Waals surface area contributed by atoms with Gasteiger partial charge in [0.05, 0.1) is 18.2 Å². The highest BCUT2D eigenvalue weighted by Crippen LogP contribution is 2.25. The van der Waals surface area contributed by atoms with Gasteiger partial charge < -0.3 is 9.47 Å². The normalized spacial score (nSPS) is 11.9. The van der Waals surface area contributed by atoms with Gasteiger partial charge in [0.1, 0.15) is 11.3 Å². The fourth-order valence-electron chi connectivity index (χ4n) is 2.95. The highest BCUT2D eigenvalue weighted by atomic mass is 16.6. The molecule has 0 saturated carbocycles. The Bertz CT molecular complexity index is 1100. The van der Waals surface area contributed by atoms with Crippen LogP contribution in [-0.4, -0.2) is 28.1 Å². The molecule has 0 amide bonds. The quantitative estimate of drug-likeness (QED) is 0.492. The molecule has 0 aliphatic carbocycles. The first-order valence-electron chi connectivity index (χ1n) is 8.87. The van der Waals surface area contributed by atoms with E-state index in [1.165, 1.54) is 0 Å². The molecule has 1 heterocycles. The van der Waals surface area contributed by atoms with E-state index in [0.717, 1.165) is 22.2 Å². The predicted molar refractivity (Wildman–Crippen MR) is 105 cm³/mol. The summed E-state index contributed by atoms with van der Waals surface area (Å²) in [7, 11) is 1.58. The molecule has 0 saturated heterocycles. The smallest absolute Gasteiger partial charge is 0.340 e. The number of hydrogen-bond acceptors (Lipinski definition) is 5. The Hall–Kier alpha value is -3.67. The standard InChI is InChI=1S/C22H19N3O3/c1-15-7-9-16(10-8-15)21(25-20-6-4-3-5-19(20)23-24-25)28-22(26)17-11-13-18(27-2)14-12-17/h3-14,21H,1-2H3. The third-order valence-corrected chi connectivity index (χ3v) is 4.51. The average molecular weight is 373 g/mol. The van der Waals surface area contributed by atoms with Crippen LogP contribution in [0.1, 0.15) is 27.7 Å². The van der Waals surface area contributed by atoms with Crippen molar-refractivity contribution in [2.45, 2.75) is 13.2 Å². The van der Waals surface area contributed by atoms with Crippen LogP contribution in [0, 0.1) is 6.92 Å². The van der Waals surface area contributed by atoms with E-state index in [2.05, 4.69) is 10.3 Å². The van der Waals surface area contributed by atoms with Gasteiger partial charge in [-0.05, 0) is 43.3 Å². The number of para-hydroxylation sites is 1. The number of rotatable bonds is 5. The van der Waals surface area contributed by atoms with Gasteiger partial charge in [0.2, 0.25) is 6.23 Å². The molecule has 0 radical (unpaired) electrons. The predicted octanol–water partition coefficient (Wildman–Crippen LogP) is 4.15. The lowest BCUT2D eigenvalue weighted by Crippen LogP contribution is -2.20. The lowest BCUT2D eigenvalue weighted by Gasteiger charge is -2.19. The van der Waals surface area contributed by atoms with Crippen molar-refractivity contribution < 1.29 is 14.3 Å². The molecule has 3 aromatic carbocycles. The van der Waals surface area contributed by atoms with E-state index >= 15 is 0 Å².